The third-order valence-electron chi connectivity index (χ3n) is 5.96. The average Bonchev–Trinajstić information content (AvgIpc) is 3.11. The van der Waals surface area contributed by atoms with Crippen LogP contribution >= 0.6 is 11.6 Å². The van der Waals surface area contributed by atoms with Gasteiger partial charge in [-0.05, 0) is 48.7 Å². The second-order valence-electron chi connectivity index (χ2n) is 7.97. The summed E-state index contributed by atoms with van der Waals surface area (Å²) < 4.78 is 2.36. The summed E-state index contributed by atoms with van der Waals surface area (Å²) in [5.41, 5.74) is 2.86. The van der Waals surface area contributed by atoms with Crippen molar-refractivity contribution in [1.82, 2.24) is 14.9 Å². The zero-order valence-corrected chi connectivity index (χ0v) is 17.5. The molecule has 1 saturated carbocycles. The number of aromatic nitrogens is 2. The van der Waals surface area contributed by atoms with Gasteiger partial charge in [-0.15, -0.1) is 0 Å². The highest BCUT2D eigenvalue weighted by Gasteiger charge is 2.16. The van der Waals surface area contributed by atoms with Crippen molar-refractivity contribution < 1.29 is 4.79 Å². The molecule has 0 aliphatic heterocycles. The lowest BCUT2D eigenvalue weighted by atomic mass is 9.87. The Hall–Kier alpha value is -2.33. The van der Waals surface area contributed by atoms with E-state index in [0.29, 0.717) is 17.1 Å². The third-order valence-corrected chi connectivity index (χ3v) is 6.21. The molecule has 0 atom stereocenters. The number of nitrogens with zero attached hydrogens (tertiary/aromatic N) is 2. The first kappa shape index (κ1) is 20.0. The number of imidazole rings is 1. The fourth-order valence-electron chi connectivity index (χ4n) is 4.34. The van der Waals surface area contributed by atoms with Crippen LogP contribution in [0, 0.1) is 5.92 Å². The maximum absolute atomic E-state index is 12.4. The summed E-state index contributed by atoms with van der Waals surface area (Å²) in [6.45, 7) is 1.57. The lowest BCUT2D eigenvalue weighted by Crippen LogP contribution is -2.26. The van der Waals surface area contributed by atoms with E-state index in [4.69, 9.17) is 16.6 Å². The molecule has 1 aliphatic rings. The minimum absolute atomic E-state index is 0.0773. The summed E-state index contributed by atoms with van der Waals surface area (Å²) in [6.07, 6.45) is 8.79. The summed E-state index contributed by atoms with van der Waals surface area (Å²) in [5, 5.41) is 3.64. The molecule has 1 aliphatic carbocycles. The van der Waals surface area contributed by atoms with Crippen LogP contribution in [0.3, 0.4) is 0 Å². The molecule has 0 radical (unpaired) electrons. The fraction of sp³-hybridized carbons (Fsp3) is 0.417. The number of halogens is 1. The van der Waals surface area contributed by atoms with E-state index >= 15 is 0 Å². The van der Waals surface area contributed by atoms with Crippen LogP contribution in [0.2, 0.25) is 5.02 Å². The highest BCUT2D eigenvalue weighted by molar-refractivity contribution is 6.30. The van der Waals surface area contributed by atoms with Crippen LogP contribution in [0.4, 0.5) is 0 Å². The van der Waals surface area contributed by atoms with Crippen molar-refractivity contribution in [3.8, 4) is 0 Å². The van der Waals surface area contributed by atoms with E-state index in [1.807, 2.05) is 6.07 Å². The molecule has 4 rings (SSSR count). The van der Waals surface area contributed by atoms with Crippen LogP contribution in [0.15, 0.2) is 48.5 Å². The van der Waals surface area contributed by atoms with Crippen molar-refractivity contribution in [2.75, 3.05) is 6.54 Å². The number of carbonyl (C=O) groups excluding carboxylic acids is 1. The van der Waals surface area contributed by atoms with Crippen molar-refractivity contribution >= 4 is 28.5 Å². The van der Waals surface area contributed by atoms with Crippen molar-refractivity contribution in [2.45, 2.75) is 51.5 Å². The van der Waals surface area contributed by atoms with E-state index in [0.717, 1.165) is 30.2 Å². The smallest absolute Gasteiger partial charge is 0.251 e. The van der Waals surface area contributed by atoms with Crippen molar-refractivity contribution in [3.63, 3.8) is 0 Å². The monoisotopic (exact) mass is 409 g/mol. The summed E-state index contributed by atoms with van der Waals surface area (Å²) in [7, 11) is 0. The lowest BCUT2D eigenvalue weighted by Gasteiger charge is -2.22. The normalized spacial score (nSPS) is 14.9. The SMILES string of the molecule is O=C(NCCc1nc2ccccc2n1CCC1CCCCC1)c1ccc(Cl)cc1. The summed E-state index contributed by atoms with van der Waals surface area (Å²) in [4.78, 5) is 17.2. The molecular formula is C24H28ClN3O. The molecule has 29 heavy (non-hydrogen) atoms. The molecule has 1 fully saturated rings. The van der Waals surface area contributed by atoms with E-state index in [9.17, 15) is 4.79 Å². The van der Waals surface area contributed by atoms with E-state index in [2.05, 4.69) is 28.1 Å². The molecule has 0 spiro atoms. The van der Waals surface area contributed by atoms with Gasteiger partial charge in [0.05, 0.1) is 11.0 Å². The Balaban J connectivity index is 1.42. The van der Waals surface area contributed by atoms with Crippen LogP contribution in [-0.4, -0.2) is 22.0 Å². The molecule has 3 aromatic rings. The number of benzene rings is 2. The number of nitrogens with one attached hydrogen (secondary N) is 1. The second kappa shape index (κ2) is 9.45. The highest BCUT2D eigenvalue weighted by atomic mass is 35.5. The molecule has 1 amide bonds. The third kappa shape index (κ3) is 4.99. The summed E-state index contributed by atoms with van der Waals surface area (Å²) in [5.74, 6) is 1.81. The van der Waals surface area contributed by atoms with Gasteiger partial charge in [0.15, 0.2) is 0 Å². The first-order valence-electron chi connectivity index (χ1n) is 10.7. The summed E-state index contributed by atoms with van der Waals surface area (Å²) >= 11 is 5.90. The number of hydrogen-bond donors (Lipinski definition) is 1. The maximum Gasteiger partial charge on any atom is 0.251 e. The van der Waals surface area contributed by atoms with Gasteiger partial charge in [-0.1, -0.05) is 55.8 Å². The van der Waals surface area contributed by atoms with Crippen molar-refractivity contribution in [3.05, 3.63) is 64.9 Å². The molecule has 1 heterocycles. The number of carbonyl (C=O) groups is 1. The molecule has 4 nitrogen and oxygen atoms in total. The van der Waals surface area contributed by atoms with Crippen molar-refractivity contribution in [1.29, 1.82) is 0 Å². The van der Waals surface area contributed by atoms with Gasteiger partial charge < -0.3 is 9.88 Å². The predicted octanol–water partition coefficient (Wildman–Crippen LogP) is 5.63. The van der Waals surface area contributed by atoms with E-state index in [-0.39, 0.29) is 5.91 Å². The van der Waals surface area contributed by atoms with E-state index < -0.39 is 0 Å². The largest absolute Gasteiger partial charge is 0.352 e. The summed E-state index contributed by atoms with van der Waals surface area (Å²) in [6, 6.07) is 15.3. The average molecular weight is 410 g/mol. The Morgan fingerprint density at radius 1 is 1.07 bits per heavy atom. The number of para-hydroxylation sites is 2. The Labute approximate surface area is 177 Å². The minimum atomic E-state index is -0.0773. The van der Waals surface area contributed by atoms with Gasteiger partial charge in [0.25, 0.3) is 5.91 Å². The number of amides is 1. The lowest BCUT2D eigenvalue weighted by molar-refractivity contribution is 0.0954. The van der Waals surface area contributed by atoms with Gasteiger partial charge in [0.2, 0.25) is 0 Å². The van der Waals surface area contributed by atoms with Crippen LogP contribution in [0.5, 0.6) is 0 Å². The topological polar surface area (TPSA) is 46.9 Å². The fourth-order valence-corrected chi connectivity index (χ4v) is 4.47. The van der Waals surface area contributed by atoms with E-state index in [1.54, 1.807) is 24.3 Å². The van der Waals surface area contributed by atoms with Gasteiger partial charge >= 0.3 is 0 Å². The zero-order valence-electron chi connectivity index (χ0n) is 16.7. The Morgan fingerprint density at radius 3 is 2.62 bits per heavy atom. The quantitative estimate of drug-likeness (QED) is 0.549. The van der Waals surface area contributed by atoms with Crippen LogP contribution in [-0.2, 0) is 13.0 Å². The number of fused-ring (bicyclic) bond motifs is 1. The molecule has 1 aromatic heterocycles. The first-order chi connectivity index (χ1) is 14.2. The van der Waals surface area contributed by atoms with Gasteiger partial charge in [0.1, 0.15) is 5.82 Å². The molecule has 0 saturated heterocycles. The van der Waals surface area contributed by atoms with Crippen LogP contribution in [0.1, 0.15) is 54.7 Å². The first-order valence-corrected chi connectivity index (χ1v) is 11.1. The van der Waals surface area contributed by atoms with Gasteiger partial charge in [-0.2, -0.15) is 0 Å². The number of aryl methyl sites for hydroxylation is 1. The highest BCUT2D eigenvalue weighted by Crippen LogP contribution is 2.28. The minimum Gasteiger partial charge on any atom is -0.352 e. The Bertz CT molecular complexity index is 958. The standard InChI is InChI=1S/C24H28ClN3O/c25-20-12-10-19(11-13-20)24(29)26-16-14-23-27-21-8-4-5-9-22(21)28(23)17-15-18-6-2-1-3-7-18/h4-5,8-13,18H,1-3,6-7,14-17H2,(H,26,29). The zero-order chi connectivity index (χ0) is 20.1. The predicted molar refractivity (Wildman–Crippen MR) is 118 cm³/mol. The van der Waals surface area contributed by atoms with E-state index in [1.165, 1.54) is 44.0 Å². The molecule has 5 heteroatoms. The molecule has 0 unspecified atom stereocenters. The van der Waals surface area contributed by atoms with Crippen LogP contribution in [0.25, 0.3) is 11.0 Å². The Morgan fingerprint density at radius 2 is 1.83 bits per heavy atom. The molecular weight excluding hydrogens is 382 g/mol. The van der Waals surface area contributed by atoms with Crippen molar-refractivity contribution in [2.24, 2.45) is 5.92 Å². The molecule has 1 N–H and O–H groups in total. The molecule has 2 aromatic carbocycles. The Kier molecular flexibility index (Phi) is 6.50. The maximum atomic E-state index is 12.4. The van der Waals surface area contributed by atoms with Gasteiger partial charge in [0, 0.05) is 30.1 Å². The van der Waals surface area contributed by atoms with Gasteiger partial charge in [-0.25, -0.2) is 4.98 Å². The van der Waals surface area contributed by atoms with Gasteiger partial charge in [-0.3, -0.25) is 4.79 Å². The molecule has 0 bridgehead atoms. The van der Waals surface area contributed by atoms with Crippen LogP contribution < -0.4 is 5.32 Å². The second-order valence-corrected chi connectivity index (χ2v) is 8.41. The molecule has 152 valence electrons. The number of hydrogen-bond acceptors (Lipinski definition) is 2. The number of rotatable bonds is 7.